The predicted octanol–water partition coefficient (Wildman–Crippen LogP) is 2.50. The van der Waals surface area contributed by atoms with Crippen molar-refractivity contribution in [2.45, 2.75) is 32.7 Å². The highest BCUT2D eigenvalue weighted by Gasteiger charge is 2.30. The van der Waals surface area contributed by atoms with Gasteiger partial charge in [-0.1, -0.05) is 43.3 Å². The van der Waals surface area contributed by atoms with Crippen LogP contribution in [0.25, 0.3) is 0 Å². The maximum Gasteiger partial charge on any atom is 0.240 e. The molecular formula is C15H19N3O. The van der Waals surface area contributed by atoms with E-state index in [2.05, 4.69) is 53.6 Å². The lowest BCUT2D eigenvalue weighted by Crippen LogP contribution is -2.20. The van der Waals surface area contributed by atoms with Crippen molar-refractivity contribution in [1.82, 2.24) is 15.5 Å². The highest BCUT2D eigenvalue weighted by Crippen LogP contribution is 2.38. The minimum absolute atomic E-state index is 0.318. The quantitative estimate of drug-likeness (QED) is 0.894. The van der Waals surface area contributed by atoms with Gasteiger partial charge in [-0.15, -0.1) is 0 Å². The first kappa shape index (κ1) is 12.4. The van der Waals surface area contributed by atoms with Crippen LogP contribution in [0.15, 0.2) is 28.8 Å². The Kier molecular flexibility index (Phi) is 3.34. The highest BCUT2D eigenvalue weighted by molar-refractivity contribution is 5.43. The molecule has 1 aliphatic carbocycles. The molecule has 0 saturated carbocycles. The summed E-state index contributed by atoms with van der Waals surface area (Å²) in [6.45, 7) is 5.97. The van der Waals surface area contributed by atoms with Crippen molar-refractivity contribution in [3.8, 4) is 0 Å². The Balaban J connectivity index is 1.63. The van der Waals surface area contributed by atoms with Gasteiger partial charge in [0.1, 0.15) is 0 Å². The van der Waals surface area contributed by atoms with E-state index in [4.69, 9.17) is 4.52 Å². The third-order valence-electron chi connectivity index (χ3n) is 3.48. The molecule has 1 heterocycles. The van der Waals surface area contributed by atoms with Gasteiger partial charge in [0.25, 0.3) is 0 Å². The molecule has 0 spiro atoms. The first-order chi connectivity index (χ1) is 9.24. The number of aromatic nitrogens is 2. The van der Waals surface area contributed by atoms with Crippen molar-refractivity contribution in [3.05, 3.63) is 47.1 Å². The van der Waals surface area contributed by atoms with Crippen LogP contribution < -0.4 is 5.32 Å². The van der Waals surface area contributed by atoms with Crippen LogP contribution in [0.4, 0.5) is 0 Å². The van der Waals surface area contributed by atoms with Gasteiger partial charge in [-0.3, -0.25) is 0 Å². The van der Waals surface area contributed by atoms with Crippen molar-refractivity contribution in [2.24, 2.45) is 5.92 Å². The molecule has 1 atom stereocenters. The second-order valence-corrected chi connectivity index (χ2v) is 5.53. The van der Waals surface area contributed by atoms with Gasteiger partial charge in [-0.2, -0.15) is 4.98 Å². The molecule has 1 aromatic heterocycles. The first-order valence-corrected chi connectivity index (χ1v) is 6.85. The van der Waals surface area contributed by atoms with E-state index >= 15 is 0 Å². The fourth-order valence-electron chi connectivity index (χ4n) is 2.44. The van der Waals surface area contributed by atoms with Gasteiger partial charge in [0.05, 0.1) is 12.5 Å². The Morgan fingerprint density at radius 2 is 2.21 bits per heavy atom. The van der Waals surface area contributed by atoms with Crippen LogP contribution in [0, 0.1) is 5.92 Å². The van der Waals surface area contributed by atoms with E-state index in [-0.39, 0.29) is 0 Å². The predicted molar refractivity (Wildman–Crippen MR) is 72.8 cm³/mol. The molecule has 1 aliphatic rings. The molecule has 2 aromatic rings. The van der Waals surface area contributed by atoms with Gasteiger partial charge in [-0.25, -0.2) is 0 Å². The number of nitrogens with zero attached hydrogens (tertiary/aromatic N) is 2. The SMILES string of the molecule is CC(C)CNCc1nc(C2Cc3ccccc32)no1. The maximum atomic E-state index is 5.29. The van der Waals surface area contributed by atoms with E-state index in [0.29, 0.717) is 24.3 Å². The molecule has 0 bridgehead atoms. The van der Waals surface area contributed by atoms with Crippen molar-refractivity contribution in [1.29, 1.82) is 0 Å². The lowest BCUT2D eigenvalue weighted by Gasteiger charge is -2.27. The second kappa shape index (κ2) is 5.13. The summed E-state index contributed by atoms with van der Waals surface area (Å²) in [6, 6.07) is 8.45. The zero-order chi connectivity index (χ0) is 13.2. The Hall–Kier alpha value is -1.68. The van der Waals surface area contributed by atoms with Crippen molar-refractivity contribution < 1.29 is 4.52 Å². The standard InChI is InChI=1S/C15H19N3O/c1-10(2)8-16-9-14-17-15(18-19-14)13-7-11-5-3-4-6-12(11)13/h3-6,10,13,16H,7-9H2,1-2H3. The average molecular weight is 257 g/mol. The number of rotatable bonds is 5. The van der Waals surface area contributed by atoms with E-state index in [9.17, 15) is 0 Å². The number of benzene rings is 1. The molecule has 4 nitrogen and oxygen atoms in total. The largest absolute Gasteiger partial charge is 0.338 e. The summed E-state index contributed by atoms with van der Waals surface area (Å²) in [7, 11) is 0. The lowest BCUT2D eigenvalue weighted by molar-refractivity contribution is 0.357. The topological polar surface area (TPSA) is 51.0 Å². The third kappa shape index (κ3) is 2.54. The summed E-state index contributed by atoms with van der Waals surface area (Å²) in [4.78, 5) is 4.49. The summed E-state index contributed by atoms with van der Waals surface area (Å²) in [5, 5.41) is 7.42. The molecule has 0 fully saturated rings. The number of fused-ring (bicyclic) bond motifs is 1. The smallest absolute Gasteiger partial charge is 0.240 e. The normalized spacial score (nSPS) is 17.3. The molecule has 100 valence electrons. The van der Waals surface area contributed by atoms with E-state index in [0.717, 1.165) is 18.8 Å². The molecule has 0 radical (unpaired) electrons. The molecule has 1 unspecified atom stereocenters. The van der Waals surface area contributed by atoms with Crippen LogP contribution in [-0.2, 0) is 13.0 Å². The molecule has 0 aliphatic heterocycles. The third-order valence-corrected chi connectivity index (χ3v) is 3.48. The molecule has 1 aromatic carbocycles. The molecule has 0 saturated heterocycles. The van der Waals surface area contributed by atoms with Gasteiger partial charge in [0, 0.05) is 0 Å². The van der Waals surface area contributed by atoms with Crippen LogP contribution in [0.1, 0.15) is 42.6 Å². The Bertz CT molecular complexity index is 562. The molecular weight excluding hydrogens is 238 g/mol. The Labute approximate surface area is 113 Å². The molecule has 0 amide bonds. The van der Waals surface area contributed by atoms with Crippen molar-refractivity contribution in [2.75, 3.05) is 6.54 Å². The van der Waals surface area contributed by atoms with Gasteiger partial charge >= 0.3 is 0 Å². The molecule has 1 N–H and O–H groups in total. The van der Waals surface area contributed by atoms with Crippen LogP contribution in [0.2, 0.25) is 0 Å². The number of hydrogen-bond donors (Lipinski definition) is 1. The van der Waals surface area contributed by atoms with E-state index in [1.807, 2.05) is 0 Å². The fraction of sp³-hybridized carbons (Fsp3) is 0.467. The van der Waals surface area contributed by atoms with E-state index in [1.54, 1.807) is 0 Å². The Morgan fingerprint density at radius 1 is 1.37 bits per heavy atom. The molecule has 3 rings (SSSR count). The second-order valence-electron chi connectivity index (χ2n) is 5.53. The number of hydrogen-bond acceptors (Lipinski definition) is 4. The van der Waals surface area contributed by atoms with E-state index in [1.165, 1.54) is 11.1 Å². The minimum atomic E-state index is 0.318. The van der Waals surface area contributed by atoms with Crippen LogP contribution >= 0.6 is 0 Å². The van der Waals surface area contributed by atoms with Gasteiger partial charge in [-0.05, 0) is 30.0 Å². The lowest BCUT2D eigenvalue weighted by atomic mass is 9.77. The zero-order valence-electron chi connectivity index (χ0n) is 11.4. The summed E-state index contributed by atoms with van der Waals surface area (Å²) in [6.07, 6.45) is 1.02. The van der Waals surface area contributed by atoms with Gasteiger partial charge in [0.2, 0.25) is 5.89 Å². The van der Waals surface area contributed by atoms with Gasteiger partial charge in [0.15, 0.2) is 5.82 Å². The van der Waals surface area contributed by atoms with Crippen LogP contribution in [0.3, 0.4) is 0 Å². The Morgan fingerprint density at radius 3 is 3.00 bits per heavy atom. The van der Waals surface area contributed by atoms with Crippen LogP contribution in [0.5, 0.6) is 0 Å². The molecule has 19 heavy (non-hydrogen) atoms. The van der Waals surface area contributed by atoms with Crippen LogP contribution in [-0.4, -0.2) is 16.7 Å². The highest BCUT2D eigenvalue weighted by atomic mass is 16.5. The summed E-state index contributed by atoms with van der Waals surface area (Å²) >= 11 is 0. The summed E-state index contributed by atoms with van der Waals surface area (Å²) < 4.78 is 5.29. The maximum absolute atomic E-state index is 5.29. The van der Waals surface area contributed by atoms with Crippen molar-refractivity contribution >= 4 is 0 Å². The first-order valence-electron chi connectivity index (χ1n) is 6.85. The summed E-state index contributed by atoms with van der Waals surface area (Å²) in [5.74, 6) is 2.44. The summed E-state index contributed by atoms with van der Waals surface area (Å²) in [5.41, 5.74) is 2.74. The molecule has 4 heteroatoms. The zero-order valence-corrected chi connectivity index (χ0v) is 11.4. The number of nitrogens with one attached hydrogen (secondary N) is 1. The fourth-order valence-corrected chi connectivity index (χ4v) is 2.44. The minimum Gasteiger partial charge on any atom is -0.338 e. The average Bonchev–Trinajstić information content (AvgIpc) is 2.79. The monoisotopic (exact) mass is 257 g/mol. The van der Waals surface area contributed by atoms with Crippen molar-refractivity contribution in [3.63, 3.8) is 0 Å². The van der Waals surface area contributed by atoms with Gasteiger partial charge < -0.3 is 9.84 Å². The van der Waals surface area contributed by atoms with E-state index < -0.39 is 0 Å².